The van der Waals surface area contributed by atoms with Crippen molar-refractivity contribution >= 4 is 17.7 Å². The Bertz CT molecular complexity index is 1180. The number of anilines is 1. The summed E-state index contributed by atoms with van der Waals surface area (Å²) in [5.74, 6) is -7.25. The van der Waals surface area contributed by atoms with Gasteiger partial charge in [0.05, 0.1) is 25.5 Å². The molecule has 0 spiro atoms. The summed E-state index contributed by atoms with van der Waals surface area (Å²) in [4.78, 5) is 28.1. The van der Waals surface area contributed by atoms with Gasteiger partial charge in [-0.2, -0.15) is 17.6 Å². The minimum absolute atomic E-state index is 0.00788. The molecule has 1 fully saturated rings. The lowest BCUT2D eigenvalue weighted by Gasteiger charge is -2.32. The maximum Gasteiger partial charge on any atom is 0.417 e. The minimum Gasteiger partial charge on any atom is -0.493 e. The number of amides is 2. The lowest BCUT2D eigenvalue weighted by Crippen LogP contribution is -2.47. The Kier molecular flexibility index (Phi) is 7.93. The van der Waals surface area contributed by atoms with Crippen LogP contribution in [0.1, 0.15) is 37.1 Å². The Morgan fingerprint density at radius 2 is 1.95 bits per heavy atom. The van der Waals surface area contributed by atoms with Crippen molar-refractivity contribution in [2.24, 2.45) is 5.92 Å². The molecular formula is C23H24F5N3O6. The van der Waals surface area contributed by atoms with Gasteiger partial charge in [-0.3, -0.25) is 9.78 Å². The second-order valence-electron chi connectivity index (χ2n) is 8.58. The molecule has 37 heavy (non-hydrogen) atoms. The molecule has 2 amide bonds. The van der Waals surface area contributed by atoms with Crippen LogP contribution in [0.3, 0.4) is 0 Å². The monoisotopic (exact) mass is 533 g/mol. The third-order valence-corrected chi connectivity index (χ3v) is 6.46. The van der Waals surface area contributed by atoms with E-state index in [0.717, 1.165) is 26.2 Å². The molecule has 9 nitrogen and oxygen atoms in total. The number of pyridine rings is 1. The van der Waals surface area contributed by atoms with E-state index < -0.39 is 71.8 Å². The number of nitrogens with zero attached hydrogens (tertiary/aromatic N) is 1. The molecule has 1 aliphatic heterocycles. The van der Waals surface area contributed by atoms with Crippen molar-refractivity contribution in [3.05, 3.63) is 53.4 Å². The molecule has 3 rings (SSSR count). The molecule has 0 aliphatic carbocycles. The maximum absolute atomic E-state index is 14.4. The number of rotatable bonds is 7. The maximum atomic E-state index is 14.4. The van der Waals surface area contributed by atoms with Crippen LogP contribution < -0.4 is 15.4 Å². The van der Waals surface area contributed by atoms with Gasteiger partial charge in [-0.05, 0) is 25.1 Å². The number of hydrogen-bond acceptors (Lipinski definition) is 6. The number of benzene rings is 1. The molecule has 1 aromatic heterocycles. The zero-order chi connectivity index (χ0) is 27.7. The number of methoxy groups -OCH3 is 1. The molecule has 0 bridgehead atoms. The van der Waals surface area contributed by atoms with E-state index >= 15 is 0 Å². The van der Waals surface area contributed by atoms with E-state index in [0.29, 0.717) is 0 Å². The molecule has 14 heteroatoms. The largest absolute Gasteiger partial charge is 0.493 e. The summed E-state index contributed by atoms with van der Waals surface area (Å²) in [5.41, 5.74) is -2.99. The highest BCUT2D eigenvalue weighted by Crippen LogP contribution is 2.55. The Balaban J connectivity index is 2.02. The quantitative estimate of drug-likeness (QED) is 0.399. The van der Waals surface area contributed by atoms with E-state index in [1.165, 1.54) is 25.3 Å². The van der Waals surface area contributed by atoms with Gasteiger partial charge in [-0.15, -0.1) is 0 Å². The van der Waals surface area contributed by atoms with Gasteiger partial charge >= 0.3 is 12.3 Å². The molecule has 0 unspecified atom stereocenters. The summed E-state index contributed by atoms with van der Waals surface area (Å²) < 4.78 is 80.6. The van der Waals surface area contributed by atoms with Gasteiger partial charge in [0.15, 0.2) is 17.2 Å². The molecule has 1 aliphatic rings. The number of hydrogen-bond donors (Lipinski definition) is 4. The van der Waals surface area contributed by atoms with Gasteiger partial charge in [0.1, 0.15) is 6.10 Å². The number of aromatic nitrogens is 1. The molecule has 1 aromatic carbocycles. The highest BCUT2D eigenvalue weighted by molar-refractivity contribution is 5.95. The first-order valence-corrected chi connectivity index (χ1v) is 10.9. The highest BCUT2D eigenvalue weighted by atomic mass is 19.4. The number of carbonyl (C=O) groups excluding carboxylic acids is 1. The normalized spacial score (nSPS) is 24.4. The van der Waals surface area contributed by atoms with E-state index in [9.17, 15) is 36.6 Å². The topological polar surface area (TPSA) is 130 Å². The number of carbonyl (C=O) groups is 2. The fourth-order valence-electron chi connectivity index (χ4n) is 4.33. The van der Waals surface area contributed by atoms with Crippen molar-refractivity contribution in [1.29, 1.82) is 0 Å². The van der Waals surface area contributed by atoms with E-state index in [2.05, 4.69) is 10.3 Å². The van der Waals surface area contributed by atoms with Crippen LogP contribution in [0.25, 0.3) is 0 Å². The van der Waals surface area contributed by atoms with Gasteiger partial charge in [0, 0.05) is 29.3 Å². The second kappa shape index (κ2) is 10.5. The number of ether oxygens (including phenoxy) is 2. The zero-order valence-electron chi connectivity index (χ0n) is 19.8. The summed E-state index contributed by atoms with van der Waals surface area (Å²) >= 11 is 0. The van der Waals surface area contributed by atoms with E-state index in [1.54, 1.807) is 0 Å². The fourth-order valence-corrected chi connectivity index (χ4v) is 4.33. The van der Waals surface area contributed by atoms with Crippen molar-refractivity contribution in [3.63, 3.8) is 0 Å². The number of halogens is 5. The Morgan fingerprint density at radius 3 is 2.51 bits per heavy atom. The first-order valence-electron chi connectivity index (χ1n) is 10.9. The van der Waals surface area contributed by atoms with Crippen LogP contribution >= 0.6 is 0 Å². The first kappa shape index (κ1) is 28.1. The standard InChI is InChI=1S/C23H24F5N3O6/c1-10-16(12-4-5-13(24)17(25)18(12)36-3)19(37-22(10,2)23(26,27)28)20(33)30-11-6-7-29-14(8-11)15(9-32)31-21(34)35/h4-8,10,15-16,19,31-32H,9H2,1-3H3,(H,34,35)(H,29,30,33)/t10-,15-,16-,19+,22+/m0/s1. The lowest BCUT2D eigenvalue weighted by molar-refractivity contribution is -0.272. The first-order chi connectivity index (χ1) is 17.2. The molecule has 2 heterocycles. The summed E-state index contributed by atoms with van der Waals surface area (Å²) in [6.45, 7) is 1.28. The number of carboxylic acid groups (broad SMARTS) is 1. The summed E-state index contributed by atoms with van der Waals surface area (Å²) in [6, 6.07) is 3.11. The Labute approximate surface area is 207 Å². The number of aliphatic hydroxyl groups excluding tert-OH is 1. The van der Waals surface area contributed by atoms with Gasteiger partial charge < -0.3 is 30.3 Å². The Morgan fingerprint density at radius 1 is 1.27 bits per heavy atom. The summed E-state index contributed by atoms with van der Waals surface area (Å²) in [6.07, 6.45) is -7.00. The number of nitrogens with one attached hydrogen (secondary N) is 2. The van der Waals surface area contributed by atoms with Crippen LogP contribution in [0.2, 0.25) is 0 Å². The van der Waals surface area contributed by atoms with E-state index in [-0.39, 0.29) is 16.9 Å². The molecule has 0 saturated carbocycles. The van der Waals surface area contributed by atoms with E-state index in [4.69, 9.17) is 14.6 Å². The van der Waals surface area contributed by atoms with Crippen LogP contribution in [-0.4, -0.2) is 58.8 Å². The summed E-state index contributed by atoms with van der Waals surface area (Å²) in [7, 11) is 1.01. The van der Waals surface area contributed by atoms with Crippen LogP contribution in [-0.2, 0) is 9.53 Å². The predicted molar refractivity (Wildman–Crippen MR) is 118 cm³/mol. The average molecular weight is 533 g/mol. The van der Waals surface area contributed by atoms with Crippen LogP contribution in [0, 0.1) is 17.6 Å². The Hall–Kier alpha value is -3.52. The molecule has 4 N–H and O–H groups in total. The van der Waals surface area contributed by atoms with Crippen LogP contribution in [0.5, 0.6) is 5.75 Å². The average Bonchev–Trinajstić information content (AvgIpc) is 3.11. The van der Waals surface area contributed by atoms with Gasteiger partial charge in [0.25, 0.3) is 5.91 Å². The van der Waals surface area contributed by atoms with Crippen molar-refractivity contribution in [3.8, 4) is 5.75 Å². The number of alkyl halides is 3. The zero-order valence-corrected chi connectivity index (χ0v) is 19.8. The summed E-state index contributed by atoms with van der Waals surface area (Å²) in [5, 5.41) is 22.8. The predicted octanol–water partition coefficient (Wildman–Crippen LogP) is 3.75. The third-order valence-electron chi connectivity index (χ3n) is 6.46. The lowest BCUT2D eigenvalue weighted by atomic mass is 9.77. The van der Waals surface area contributed by atoms with Crippen molar-refractivity contribution in [1.82, 2.24) is 10.3 Å². The molecular weight excluding hydrogens is 509 g/mol. The molecule has 202 valence electrons. The highest BCUT2D eigenvalue weighted by Gasteiger charge is 2.65. The molecule has 0 radical (unpaired) electrons. The molecule has 2 aromatic rings. The fraction of sp³-hybridized carbons (Fsp3) is 0.435. The van der Waals surface area contributed by atoms with Crippen molar-refractivity contribution < 1.29 is 51.2 Å². The third kappa shape index (κ3) is 5.30. The van der Waals surface area contributed by atoms with E-state index in [1.807, 2.05) is 5.32 Å². The molecule has 5 atom stereocenters. The number of aliphatic hydroxyl groups is 1. The van der Waals surface area contributed by atoms with Crippen molar-refractivity contribution in [2.75, 3.05) is 19.0 Å². The van der Waals surface area contributed by atoms with Gasteiger partial charge in [-0.25, -0.2) is 9.18 Å². The van der Waals surface area contributed by atoms with Crippen LogP contribution in [0.15, 0.2) is 30.5 Å². The van der Waals surface area contributed by atoms with Crippen LogP contribution in [0.4, 0.5) is 32.4 Å². The second-order valence-corrected chi connectivity index (χ2v) is 8.58. The van der Waals surface area contributed by atoms with Gasteiger partial charge in [0.2, 0.25) is 5.82 Å². The SMILES string of the molecule is COc1c([C@H]2[C@H](C(=O)Nc3ccnc([C@H](CO)NC(=O)O)c3)O[C@@](C)(C(F)(F)F)[C@H]2C)ccc(F)c1F. The van der Waals surface area contributed by atoms with Crippen molar-refractivity contribution in [2.45, 2.75) is 43.7 Å². The smallest absolute Gasteiger partial charge is 0.417 e. The minimum atomic E-state index is -4.92. The van der Waals surface area contributed by atoms with Gasteiger partial charge in [-0.1, -0.05) is 13.0 Å². The molecule has 1 saturated heterocycles.